The van der Waals surface area contributed by atoms with Gasteiger partial charge in [0, 0.05) is 22.2 Å². The first-order valence-electron chi connectivity index (χ1n) is 3.25. The maximum Gasteiger partial charge on any atom is 0.131 e. The van der Waals surface area contributed by atoms with E-state index >= 15 is 0 Å². The number of thiocarbonyl (C=S) groups is 1. The summed E-state index contributed by atoms with van der Waals surface area (Å²) in [5, 5.41) is 0. The summed E-state index contributed by atoms with van der Waals surface area (Å²) in [6.07, 6.45) is 0. The summed E-state index contributed by atoms with van der Waals surface area (Å²) >= 11 is 6.23. The van der Waals surface area contributed by atoms with E-state index in [4.69, 9.17) is 18.0 Å². The Balaban J connectivity index is 0.00000121. The third-order valence-electron chi connectivity index (χ3n) is 1.22. The van der Waals surface area contributed by atoms with Gasteiger partial charge in [0.2, 0.25) is 0 Å². The Morgan fingerprint density at radius 2 is 1.92 bits per heavy atom. The minimum atomic E-state index is 0. The van der Waals surface area contributed by atoms with Gasteiger partial charge in [-0.05, 0) is 5.56 Å². The number of hydrogen-bond acceptors (Lipinski definition) is 2. The topological polar surface area (TPSA) is 26.0 Å². The van der Waals surface area contributed by atoms with E-state index in [-0.39, 0.29) is 16.5 Å². The van der Waals surface area contributed by atoms with Crippen LogP contribution in [-0.2, 0) is 22.2 Å². The third kappa shape index (κ3) is 4.76. The number of benzene rings is 1. The van der Waals surface area contributed by atoms with Crippen LogP contribution in [0.5, 0.6) is 0 Å². The second kappa shape index (κ2) is 6.47. The molecule has 0 fully saturated rings. The fraction of sp³-hybridized carbons (Fsp3) is 0.125. The summed E-state index contributed by atoms with van der Waals surface area (Å²) in [6.45, 7) is 0. The van der Waals surface area contributed by atoms with Crippen molar-refractivity contribution in [1.82, 2.24) is 0 Å². The van der Waals surface area contributed by atoms with Gasteiger partial charge in [0.05, 0.1) is 0 Å². The minimum Gasteiger partial charge on any atom is -0.385 e. The van der Waals surface area contributed by atoms with Crippen molar-refractivity contribution in [2.45, 2.75) is 5.75 Å². The predicted octanol–water partition coefficient (Wildman–Crippen LogP) is 2.16. The smallest absolute Gasteiger partial charge is 0.131 e. The average molecular weight is 242 g/mol. The van der Waals surface area contributed by atoms with E-state index in [1.807, 2.05) is 18.2 Å². The standard InChI is InChI=1S/C8H9NS2.Ni/c9-8(10)11-6-7-4-2-1-3-5-7;/h1-5H,6H2,(H2,9,10);. The molecule has 2 N–H and O–H groups in total. The molecule has 0 aliphatic heterocycles. The van der Waals surface area contributed by atoms with Crippen LogP contribution in [0.25, 0.3) is 0 Å². The van der Waals surface area contributed by atoms with Crippen molar-refractivity contribution in [3.8, 4) is 0 Å². The van der Waals surface area contributed by atoms with Crippen LogP contribution < -0.4 is 5.73 Å². The first kappa shape index (κ1) is 12.0. The van der Waals surface area contributed by atoms with Crippen molar-refractivity contribution in [3.05, 3.63) is 35.9 Å². The average Bonchev–Trinajstić information content (AvgIpc) is 2.03. The molecule has 1 aromatic carbocycles. The van der Waals surface area contributed by atoms with E-state index in [1.165, 1.54) is 17.3 Å². The Kier molecular flexibility index (Phi) is 6.44. The third-order valence-corrected chi connectivity index (χ3v) is 2.34. The second-order valence-electron chi connectivity index (χ2n) is 2.09. The van der Waals surface area contributed by atoms with Gasteiger partial charge in [0.1, 0.15) is 4.32 Å². The normalized spacial score (nSPS) is 8.67. The van der Waals surface area contributed by atoms with Gasteiger partial charge >= 0.3 is 0 Å². The van der Waals surface area contributed by atoms with Gasteiger partial charge in [-0.15, -0.1) is 0 Å². The molecule has 0 unspecified atom stereocenters. The largest absolute Gasteiger partial charge is 0.385 e. The van der Waals surface area contributed by atoms with Crippen LogP contribution in [-0.4, -0.2) is 4.32 Å². The van der Waals surface area contributed by atoms with Crippen molar-refractivity contribution in [3.63, 3.8) is 0 Å². The van der Waals surface area contributed by atoms with Crippen molar-refractivity contribution in [2.75, 3.05) is 0 Å². The molecule has 0 amide bonds. The molecule has 0 bridgehead atoms. The van der Waals surface area contributed by atoms with E-state index in [9.17, 15) is 0 Å². The molecule has 0 aliphatic carbocycles. The molecule has 0 saturated heterocycles. The zero-order chi connectivity index (χ0) is 8.10. The van der Waals surface area contributed by atoms with E-state index in [2.05, 4.69) is 12.1 Å². The maximum atomic E-state index is 5.33. The van der Waals surface area contributed by atoms with Crippen molar-refractivity contribution < 1.29 is 16.5 Å². The van der Waals surface area contributed by atoms with Gasteiger partial charge in [-0.25, -0.2) is 0 Å². The molecule has 0 aromatic heterocycles. The zero-order valence-corrected chi connectivity index (χ0v) is 8.92. The molecule has 0 saturated carbocycles. The molecule has 0 aliphatic rings. The van der Waals surface area contributed by atoms with Gasteiger partial charge in [0.25, 0.3) is 0 Å². The van der Waals surface area contributed by atoms with Crippen LogP contribution >= 0.6 is 24.0 Å². The van der Waals surface area contributed by atoms with Gasteiger partial charge in [-0.1, -0.05) is 54.3 Å². The Bertz CT molecular complexity index is 238. The monoisotopic (exact) mass is 241 g/mol. The Morgan fingerprint density at radius 3 is 2.42 bits per heavy atom. The molecule has 0 spiro atoms. The van der Waals surface area contributed by atoms with Crippen molar-refractivity contribution >= 4 is 28.3 Å². The Hall–Kier alpha value is -0.0465. The predicted molar refractivity (Wildman–Crippen MR) is 54.5 cm³/mol. The summed E-state index contributed by atoms with van der Waals surface area (Å²) in [5.41, 5.74) is 6.59. The van der Waals surface area contributed by atoms with Gasteiger partial charge in [-0.2, -0.15) is 0 Å². The molecular weight excluding hydrogens is 233 g/mol. The number of thioether (sulfide) groups is 1. The van der Waals surface area contributed by atoms with Gasteiger partial charge in [0.15, 0.2) is 0 Å². The summed E-state index contributed by atoms with van der Waals surface area (Å²) < 4.78 is 0.508. The van der Waals surface area contributed by atoms with E-state index in [0.29, 0.717) is 4.32 Å². The molecule has 0 radical (unpaired) electrons. The molecule has 1 nitrogen and oxygen atoms in total. The van der Waals surface area contributed by atoms with Crippen LogP contribution in [0.1, 0.15) is 5.56 Å². The van der Waals surface area contributed by atoms with E-state index in [1.54, 1.807) is 0 Å². The summed E-state index contributed by atoms with van der Waals surface area (Å²) in [6, 6.07) is 10.1. The fourth-order valence-corrected chi connectivity index (χ4v) is 1.41. The first-order chi connectivity index (χ1) is 5.29. The second-order valence-corrected chi connectivity index (χ2v) is 3.81. The summed E-state index contributed by atoms with van der Waals surface area (Å²) in [4.78, 5) is 0. The Morgan fingerprint density at radius 1 is 1.33 bits per heavy atom. The van der Waals surface area contributed by atoms with E-state index in [0.717, 1.165) is 5.75 Å². The van der Waals surface area contributed by atoms with Gasteiger partial charge < -0.3 is 5.73 Å². The SMILES string of the molecule is NC(=S)SCc1ccccc1.[Ni]. The molecule has 68 valence electrons. The van der Waals surface area contributed by atoms with Gasteiger partial charge in [-0.3, -0.25) is 0 Å². The van der Waals surface area contributed by atoms with Crippen molar-refractivity contribution in [2.24, 2.45) is 5.73 Å². The summed E-state index contributed by atoms with van der Waals surface area (Å²) in [5.74, 6) is 0.871. The van der Waals surface area contributed by atoms with Crippen LogP contribution in [0.2, 0.25) is 0 Å². The first-order valence-corrected chi connectivity index (χ1v) is 4.64. The van der Waals surface area contributed by atoms with Crippen LogP contribution in [0.4, 0.5) is 0 Å². The van der Waals surface area contributed by atoms with E-state index < -0.39 is 0 Å². The molecule has 1 aromatic rings. The fourth-order valence-electron chi connectivity index (χ4n) is 0.729. The maximum absolute atomic E-state index is 5.33. The molecule has 0 heterocycles. The molecule has 1 rings (SSSR count). The molecule has 0 atom stereocenters. The van der Waals surface area contributed by atoms with Crippen LogP contribution in [0.3, 0.4) is 0 Å². The summed E-state index contributed by atoms with van der Waals surface area (Å²) in [7, 11) is 0. The number of rotatable bonds is 2. The van der Waals surface area contributed by atoms with Crippen molar-refractivity contribution in [1.29, 1.82) is 0 Å². The van der Waals surface area contributed by atoms with Crippen LogP contribution in [0.15, 0.2) is 30.3 Å². The number of nitrogens with two attached hydrogens (primary N) is 1. The molecule has 12 heavy (non-hydrogen) atoms. The minimum absolute atomic E-state index is 0. The molecule has 4 heteroatoms. The zero-order valence-electron chi connectivity index (χ0n) is 6.30. The number of hydrogen-bond donors (Lipinski definition) is 1. The van der Waals surface area contributed by atoms with Crippen LogP contribution in [0, 0.1) is 0 Å². The Labute approximate surface area is 92.0 Å². The quantitative estimate of drug-likeness (QED) is 0.635. The molecular formula is C8H9NNiS2.